The molecule has 17 heavy (non-hydrogen) atoms. The molecule has 0 saturated heterocycles. The van der Waals surface area contributed by atoms with Gasteiger partial charge in [-0.15, -0.1) is 0 Å². The average Bonchev–Trinajstić information content (AvgIpc) is 2.34. The third-order valence-electron chi connectivity index (χ3n) is 2.72. The highest BCUT2D eigenvalue weighted by Crippen LogP contribution is 2.22. The van der Waals surface area contributed by atoms with Crippen LogP contribution in [0.1, 0.15) is 18.4 Å². The van der Waals surface area contributed by atoms with Crippen LogP contribution >= 0.6 is 11.6 Å². The number of allylic oxidation sites excluding steroid dienone is 1. The maximum atomic E-state index is 12.9. The van der Waals surface area contributed by atoms with E-state index in [4.69, 9.17) is 16.3 Å². The number of aliphatic hydroxyl groups excluding tert-OH is 1. The van der Waals surface area contributed by atoms with Gasteiger partial charge in [0.25, 0.3) is 0 Å². The molecule has 1 aromatic carbocycles. The molecule has 0 aromatic heterocycles. The number of rotatable bonds is 3. The van der Waals surface area contributed by atoms with Gasteiger partial charge in [-0.1, -0.05) is 17.7 Å². The molecule has 2 nitrogen and oxygen atoms in total. The van der Waals surface area contributed by atoms with Gasteiger partial charge in [-0.3, -0.25) is 0 Å². The van der Waals surface area contributed by atoms with E-state index in [-0.39, 0.29) is 5.82 Å². The Labute approximate surface area is 105 Å². The molecule has 1 aliphatic rings. The average molecular weight is 257 g/mol. The van der Waals surface area contributed by atoms with Crippen LogP contribution in [0.4, 0.5) is 4.39 Å². The van der Waals surface area contributed by atoms with Crippen molar-refractivity contribution in [2.24, 2.45) is 0 Å². The summed E-state index contributed by atoms with van der Waals surface area (Å²) in [5, 5.41) is 10.3. The van der Waals surface area contributed by atoms with Crippen LogP contribution in [0.5, 0.6) is 0 Å². The Morgan fingerprint density at radius 2 is 2.29 bits per heavy atom. The number of hydrogen-bond donors (Lipinski definition) is 1. The standard InChI is InChI=1S/C13H14ClFO2/c14-11-8-10(15)5-4-9(11)7-12(16)13-3-1-2-6-17-13/h3-5,8,12,16H,1-2,6-7H2. The minimum Gasteiger partial charge on any atom is -0.495 e. The first kappa shape index (κ1) is 12.4. The predicted octanol–water partition coefficient (Wildman–Crippen LogP) is 3.08. The van der Waals surface area contributed by atoms with E-state index in [1.807, 2.05) is 6.08 Å². The maximum Gasteiger partial charge on any atom is 0.124 e. The molecule has 0 amide bonds. The van der Waals surface area contributed by atoms with Crippen molar-refractivity contribution in [3.05, 3.63) is 46.4 Å². The minimum atomic E-state index is -0.710. The fourth-order valence-electron chi connectivity index (χ4n) is 1.80. The van der Waals surface area contributed by atoms with Gasteiger partial charge in [0.05, 0.1) is 6.61 Å². The molecule has 1 atom stereocenters. The Morgan fingerprint density at radius 1 is 1.47 bits per heavy atom. The second-order valence-electron chi connectivity index (χ2n) is 4.05. The molecule has 2 rings (SSSR count). The second-order valence-corrected chi connectivity index (χ2v) is 4.46. The lowest BCUT2D eigenvalue weighted by Gasteiger charge is -2.20. The molecule has 1 aromatic rings. The lowest BCUT2D eigenvalue weighted by molar-refractivity contribution is 0.0918. The Kier molecular flexibility index (Phi) is 4.02. The van der Waals surface area contributed by atoms with Crippen LogP contribution in [0.15, 0.2) is 30.0 Å². The monoisotopic (exact) mass is 256 g/mol. The van der Waals surface area contributed by atoms with Crippen molar-refractivity contribution in [1.82, 2.24) is 0 Å². The maximum absolute atomic E-state index is 12.9. The number of hydrogen-bond acceptors (Lipinski definition) is 2. The number of benzene rings is 1. The molecule has 0 fully saturated rings. The van der Waals surface area contributed by atoms with Crippen LogP contribution in [0.2, 0.25) is 5.02 Å². The zero-order chi connectivity index (χ0) is 12.3. The van der Waals surface area contributed by atoms with Gasteiger partial charge < -0.3 is 9.84 Å². The molecule has 1 aliphatic heterocycles. The van der Waals surface area contributed by atoms with Crippen LogP contribution in [0.3, 0.4) is 0 Å². The van der Waals surface area contributed by atoms with Crippen LogP contribution in [0.25, 0.3) is 0 Å². The molecule has 1 unspecified atom stereocenters. The molecule has 1 heterocycles. The second kappa shape index (κ2) is 5.52. The molecule has 92 valence electrons. The van der Waals surface area contributed by atoms with E-state index in [0.29, 0.717) is 23.8 Å². The van der Waals surface area contributed by atoms with Crippen molar-refractivity contribution in [2.75, 3.05) is 6.61 Å². The highest BCUT2D eigenvalue weighted by atomic mass is 35.5. The molecule has 0 bridgehead atoms. The third-order valence-corrected chi connectivity index (χ3v) is 3.07. The summed E-state index contributed by atoms with van der Waals surface area (Å²) in [4.78, 5) is 0. The summed E-state index contributed by atoms with van der Waals surface area (Å²) in [6, 6.07) is 4.17. The van der Waals surface area contributed by atoms with Gasteiger partial charge in [-0.25, -0.2) is 4.39 Å². The SMILES string of the molecule is OC(Cc1ccc(F)cc1Cl)C1=CCCCO1. The fourth-order valence-corrected chi connectivity index (χ4v) is 2.05. The normalized spacial score (nSPS) is 17.2. The van der Waals surface area contributed by atoms with Gasteiger partial charge in [-0.05, 0) is 36.6 Å². The molecule has 0 saturated carbocycles. The molecular formula is C13H14ClFO2. The predicted molar refractivity (Wildman–Crippen MR) is 64.4 cm³/mol. The first-order valence-corrected chi connectivity index (χ1v) is 5.99. The van der Waals surface area contributed by atoms with E-state index in [2.05, 4.69) is 0 Å². The lowest BCUT2D eigenvalue weighted by Crippen LogP contribution is -2.19. The zero-order valence-corrected chi connectivity index (χ0v) is 10.1. The van der Waals surface area contributed by atoms with Gasteiger partial charge in [0.1, 0.15) is 17.7 Å². The topological polar surface area (TPSA) is 29.5 Å². The van der Waals surface area contributed by atoms with Crippen LogP contribution in [-0.2, 0) is 11.2 Å². The molecule has 0 spiro atoms. The van der Waals surface area contributed by atoms with E-state index < -0.39 is 6.10 Å². The van der Waals surface area contributed by atoms with Crippen LogP contribution < -0.4 is 0 Å². The highest BCUT2D eigenvalue weighted by Gasteiger charge is 2.16. The first-order chi connectivity index (χ1) is 8.16. The Hall–Kier alpha value is -1.06. The van der Waals surface area contributed by atoms with Gasteiger partial charge in [-0.2, -0.15) is 0 Å². The summed E-state index contributed by atoms with van der Waals surface area (Å²) in [7, 11) is 0. The summed E-state index contributed by atoms with van der Waals surface area (Å²) in [5.41, 5.74) is 0.718. The Morgan fingerprint density at radius 3 is 2.94 bits per heavy atom. The lowest BCUT2D eigenvalue weighted by atomic mass is 10.0. The van der Waals surface area contributed by atoms with E-state index in [9.17, 15) is 9.50 Å². The number of halogens is 2. The van der Waals surface area contributed by atoms with Gasteiger partial charge in [0.15, 0.2) is 0 Å². The van der Waals surface area contributed by atoms with Crippen molar-refractivity contribution < 1.29 is 14.2 Å². The van der Waals surface area contributed by atoms with Crippen molar-refractivity contribution in [1.29, 1.82) is 0 Å². The molecule has 0 radical (unpaired) electrons. The Balaban J connectivity index is 2.07. The molecule has 1 N–H and O–H groups in total. The summed E-state index contributed by atoms with van der Waals surface area (Å²) in [5.74, 6) is 0.220. The summed E-state index contributed by atoms with van der Waals surface area (Å²) in [6.45, 7) is 0.639. The Bertz CT molecular complexity index is 431. The van der Waals surface area contributed by atoms with Crippen molar-refractivity contribution in [3.8, 4) is 0 Å². The third kappa shape index (κ3) is 3.20. The largest absolute Gasteiger partial charge is 0.495 e. The van der Waals surface area contributed by atoms with Gasteiger partial charge >= 0.3 is 0 Å². The van der Waals surface area contributed by atoms with Crippen molar-refractivity contribution in [3.63, 3.8) is 0 Å². The quantitative estimate of drug-likeness (QED) is 0.901. The summed E-state index contributed by atoms with van der Waals surface area (Å²) < 4.78 is 18.2. The van der Waals surface area contributed by atoms with Crippen LogP contribution in [0, 0.1) is 5.82 Å². The highest BCUT2D eigenvalue weighted by molar-refractivity contribution is 6.31. The van der Waals surface area contributed by atoms with Gasteiger partial charge in [0.2, 0.25) is 0 Å². The van der Waals surface area contributed by atoms with E-state index in [0.717, 1.165) is 18.4 Å². The zero-order valence-electron chi connectivity index (χ0n) is 9.33. The molecular weight excluding hydrogens is 243 g/mol. The van der Waals surface area contributed by atoms with E-state index >= 15 is 0 Å². The van der Waals surface area contributed by atoms with E-state index in [1.165, 1.54) is 12.1 Å². The minimum absolute atomic E-state index is 0.334. The van der Waals surface area contributed by atoms with Crippen LogP contribution in [-0.4, -0.2) is 17.8 Å². The molecule has 0 aliphatic carbocycles. The van der Waals surface area contributed by atoms with E-state index in [1.54, 1.807) is 6.07 Å². The first-order valence-electron chi connectivity index (χ1n) is 5.61. The summed E-state index contributed by atoms with van der Waals surface area (Å²) in [6.07, 6.45) is 3.42. The summed E-state index contributed by atoms with van der Waals surface area (Å²) >= 11 is 5.90. The smallest absolute Gasteiger partial charge is 0.124 e. The number of aliphatic hydroxyl groups is 1. The molecule has 4 heteroatoms. The van der Waals surface area contributed by atoms with Crippen molar-refractivity contribution >= 4 is 11.6 Å². The fraction of sp³-hybridized carbons (Fsp3) is 0.385. The number of ether oxygens (including phenoxy) is 1. The van der Waals surface area contributed by atoms with Gasteiger partial charge in [0, 0.05) is 11.4 Å². The van der Waals surface area contributed by atoms with Crippen molar-refractivity contribution in [2.45, 2.75) is 25.4 Å².